The number of hydrogen-bond donors (Lipinski definition) is 1. The third-order valence-corrected chi connectivity index (χ3v) is 7.75. The monoisotopic (exact) mass is 536 g/mol. The van der Waals surface area contributed by atoms with E-state index in [2.05, 4.69) is 59.6 Å². The molecule has 7 atom stereocenters. The second-order valence-electron chi connectivity index (χ2n) is 11.1. The number of aromatic nitrogens is 4. The summed E-state index contributed by atoms with van der Waals surface area (Å²) in [6.07, 6.45) is 26.2. The number of nitrogens with zero attached hydrogens (tertiary/aromatic N) is 3. The molecule has 2 saturated heterocycles. The Kier molecular flexibility index (Phi) is 11.3. The lowest BCUT2D eigenvalue weighted by molar-refractivity contribution is -0.154. The molecule has 0 aromatic carbocycles. The highest BCUT2D eigenvalue weighted by Crippen LogP contribution is 2.33. The largest absolute Gasteiger partial charge is 0.457 e. The summed E-state index contributed by atoms with van der Waals surface area (Å²) in [6, 6.07) is 0. The smallest absolute Gasteiger partial charge is 0.309 e. The first-order valence-electron chi connectivity index (χ1n) is 14.5. The molecular weight excluding hydrogens is 492 g/mol. The molecule has 0 aliphatic carbocycles. The normalized spacial score (nSPS) is 34.3. The van der Waals surface area contributed by atoms with E-state index in [-0.39, 0.29) is 42.7 Å². The van der Waals surface area contributed by atoms with Crippen LogP contribution in [0.25, 0.3) is 0 Å². The van der Waals surface area contributed by atoms with E-state index in [0.717, 1.165) is 38.5 Å². The fraction of sp³-hybridized carbons (Fsp3) is 0.613. The molecule has 1 aromatic heterocycles. The molecule has 1 aromatic rings. The first-order chi connectivity index (χ1) is 19.0. The zero-order valence-electron chi connectivity index (χ0n) is 23.6. The van der Waals surface area contributed by atoms with Crippen LogP contribution in [-0.4, -0.2) is 57.1 Å². The zero-order valence-corrected chi connectivity index (χ0v) is 23.6. The van der Waals surface area contributed by atoms with Crippen molar-refractivity contribution >= 4 is 5.97 Å². The minimum absolute atomic E-state index is 0.0360. The van der Waals surface area contributed by atoms with Crippen LogP contribution in [0.1, 0.15) is 78.0 Å². The van der Waals surface area contributed by atoms with E-state index in [1.165, 1.54) is 12.0 Å². The molecule has 2 fully saturated rings. The van der Waals surface area contributed by atoms with Gasteiger partial charge in [0, 0.05) is 18.8 Å². The number of fused-ring (bicyclic) bond motifs is 4. The molecule has 0 spiro atoms. The van der Waals surface area contributed by atoms with Crippen molar-refractivity contribution in [2.75, 3.05) is 0 Å². The number of rotatable bonds is 5. The van der Waals surface area contributed by atoms with Gasteiger partial charge in [0.2, 0.25) is 0 Å². The maximum atomic E-state index is 13.1. The van der Waals surface area contributed by atoms with Crippen molar-refractivity contribution in [1.82, 2.24) is 20.6 Å². The fourth-order valence-corrected chi connectivity index (χ4v) is 5.65. The van der Waals surface area contributed by atoms with Crippen LogP contribution in [-0.2, 0) is 25.4 Å². The molecule has 4 heterocycles. The van der Waals surface area contributed by atoms with Gasteiger partial charge in [-0.25, -0.2) is 0 Å². The Morgan fingerprint density at radius 3 is 2.51 bits per heavy atom. The fourth-order valence-electron chi connectivity index (χ4n) is 5.65. The molecule has 4 bridgehead atoms. The predicted molar refractivity (Wildman–Crippen MR) is 151 cm³/mol. The van der Waals surface area contributed by atoms with Crippen LogP contribution in [0.5, 0.6) is 0 Å². The van der Waals surface area contributed by atoms with Crippen LogP contribution in [0, 0.1) is 11.8 Å². The van der Waals surface area contributed by atoms with Gasteiger partial charge in [-0.1, -0.05) is 73.2 Å². The van der Waals surface area contributed by atoms with Crippen LogP contribution in [0.2, 0.25) is 0 Å². The lowest BCUT2D eigenvalue weighted by Crippen LogP contribution is -2.37. The van der Waals surface area contributed by atoms with E-state index in [9.17, 15) is 4.79 Å². The third-order valence-electron chi connectivity index (χ3n) is 7.75. The van der Waals surface area contributed by atoms with Crippen LogP contribution < -0.4 is 0 Å². The third kappa shape index (κ3) is 9.69. The van der Waals surface area contributed by atoms with Crippen LogP contribution >= 0.6 is 0 Å². The number of esters is 1. The van der Waals surface area contributed by atoms with Gasteiger partial charge in [-0.3, -0.25) is 4.79 Å². The SMILES string of the molecule is CC=C1CC2CC(=O)OC(/C=C/C=C\C=C\Cc3nn[nH]n3)C(C)C=CC(C)CC3CCCC(CC(C1)O2)O3. The minimum atomic E-state index is -0.363. The van der Waals surface area contributed by atoms with Crippen molar-refractivity contribution in [1.29, 1.82) is 0 Å². The van der Waals surface area contributed by atoms with Crippen molar-refractivity contribution in [3.05, 3.63) is 66.1 Å². The number of nitrogens with one attached hydrogen (secondary N) is 1. The minimum Gasteiger partial charge on any atom is -0.457 e. The van der Waals surface area contributed by atoms with Gasteiger partial charge in [0.05, 0.1) is 30.8 Å². The van der Waals surface area contributed by atoms with Crippen molar-refractivity contribution in [3.8, 4) is 0 Å². The number of carbonyl (C=O) groups is 1. The zero-order chi connectivity index (χ0) is 27.5. The number of cyclic esters (lactones) is 1. The van der Waals surface area contributed by atoms with Gasteiger partial charge in [0.25, 0.3) is 0 Å². The summed E-state index contributed by atoms with van der Waals surface area (Å²) in [7, 11) is 0. The molecule has 39 heavy (non-hydrogen) atoms. The highest BCUT2D eigenvalue weighted by atomic mass is 16.5. The van der Waals surface area contributed by atoms with Crippen molar-refractivity contribution in [3.63, 3.8) is 0 Å². The van der Waals surface area contributed by atoms with E-state index in [1.54, 1.807) is 0 Å². The molecule has 3 aliphatic heterocycles. The molecule has 7 unspecified atom stereocenters. The standard InChI is InChI=1S/C31H44N4O4/c1-4-24-18-27-20-26-12-10-11-25(37-26)17-22(2)15-16-23(3)29(39-31(36)21-28(19-24)38-27)13-8-6-5-7-9-14-30-32-34-35-33-30/h4-9,13,15-16,22-23,25-29H,10-12,14,17-21H2,1-3H3,(H,32,33,34,35)/b6-5-,9-7+,13-8+,16-15?,24-4?. The number of hydrogen-bond acceptors (Lipinski definition) is 7. The van der Waals surface area contributed by atoms with Crippen molar-refractivity contribution < 1.29 is 19.0 Å². The molecule has 0 amide bonds. The Morgan fingerprint density at radius 1 is 0.949 bits per heavy atom. The predicted octanol–water partition coefficient (Wildman–Crippen LogP) is 5.77. The Hall–Kier alpha value is -2.84. The molecule has 0 radical (unpaired) electrons. The van der Waals surface area contributed by atoms with E-state index >= 15 is 0 Å². The summed E-state index contributed by atoms with van der Waals surface area (Å²) in [5, 5.41) is 13.9. The molecule has 212 valence electrons. The number of H-pyrrole nitrogens is 1. The lowest BCUT2D eigenvalue weighted by atomic mass is 9.90. The van der Waals surface area contributed by atoms with E-state index < -0.39 is 0 Å². The van der Waals surface area contributed by atoms with Crippen LogP contribution in [0.3, 0.4) is 0 Å². The lowest BCUT2D eigenvalue weighted by Gasteiger charge is -2.37. The van der Waals surface area contributed by atoms with Gasteiger partial charge in [0.1, 0.15) is 6.10 Å². The summed E-state index contributed by atoms with van der Waals surface area (Å²) < 4.78 is 19.0. The Morgan fingerprint density at radius 2 is 1.72 bits per heavy atom. The topological polar surface area (TPSA) is 99.2 Å². The van der Waals surface area contributed by atoms with E-state index in [4.69, 9.17) is 14.2 Å². The number of carbonyl (C=O) groups excluding carboxylic acids is 1. The van der Waals surface area contributed by atoms with Gasteiger partial charge in [-0.05, 0) is 57.4 Å². The first kappa shape index (κ1) is 29.2. The average Bonchev–Trinajstić information content (AvgIpc) is 3.43. The molecule has 8 heteroatoms. The summed E-state index contributed by atoms with van der Waals surface area (Å²) in [5.41, 5.74) is 1.36. The molecule has 8 nitrogen and oxygen atoms in total. The molecule has 0 saturated carbocycles. The summed E-state index contributed by atoms with van der Waals surface area (Å²) in [5.74, 6) is 0.851. The Labute approximate surface area is 232 Å². The number of allylic oxidation sites excluding steroid dienone is 7. The Balaban J connectivity index is 1.45. The van der Waals surface area contributed by atoms with Crippen molar-refractivity contribution in [2.24, 2.45) is 11.8 Å². The van der Waals surface area contributed by atoms with Gasteiger partial charge in [-0.2, -0.15) is 5.21 Å². The highest BCUT2D eigenvalue weighted by Gasteiger charge is 2.32. The molecule has 4 rings (SSSR count). The summed E-state index contributed by atoms with van der Waals surface area (Å²) >= 11 is 0. The van der Waals surface area contributed by atoms with Gasteiger partial charge >= 0.3 is 5.97 Å². The number of ether oxygens (including phenoxy) is 3. The summed E-state index contributed by atoms with van der Waals surface area (Å²) in [4.78, 5) is 13.1. The second kappa shape index (κ2) is 15.1. The van der Waals surface area contributed by atoms with E-state index in [0.29, 0.717) is 24.3 Å². The highest BCUT2D eigenvalue weighted by molar-refractivity contribution is 5.70. The van der Waals surface area contributed by atoms with Gasteiger partial charge < -0.3 is 14.2 Å². The Bertz CT molecular complexity index is 1040. The van der Waals surface area contributed by atoms with Gasteiger partial charge in [0.15, 0.2) is 5.82 Å². The maximum absolute atomic E-state index is 13.1. The second-order valence-corrected chi connectivity index (χ2v) is 11.1. The molecule has 3 aliphatic rings. The quantitative estimate of drug-likeness (QED) is 0.290. The van der Waals surface area contributed by atoms with Crippen LogP contribution in [0.4, 0.5) is 0 Å². The van der Waals surface area contributed by atoms with Gasteiger partial charge in [-0.15, -0.1) is 10.2 Å². The average molecular weight is 537 g/mol. The number of tetrazole rings is 1. The van der Waals surface area contributed by atoms with E-state index in [1.807, 2.05) is 36.5 Å². The summed E-state index contributed by atoms with van der Waals surface area (Å²) in [6.45, 7) is 6.42. The molecule has 1 N–H and O–H groups in total. The number of aromatic amines is 1. The first-order valence-corrected chi connectivity index (χ1v) is 14.5. The van der Waals surface area contributed by atoms with Crippen molar-refractivity contribution in [2.45, 2.75) is 109 Å². The van der Waals surface area contributed by atoms with Crippen LogP contribution in [0.15, 0.2) is 60.3 Å². The maximum Gasteiger partial charge on any atom is 0.309 e. The molecular formula is C31H44N4O4.